The predicted molar refractivity (Wildman–Crippen MR) is 71.9 cm³/mol. The molecule has 6 heteroatoms. The number of halogens is 1. The third-order valence-corrected chi connectivity index (χ3v) is 2.74. The van der Waals surface area contributed by atoms with Crippen LogP contribution in [0.5, 0.6) is 11.5 Å². The Hall–Kier alpha value is -2.53. The third kappa shape index (κ3) is 3.07. The van der Waals surface area contributed by atoms with Gasteiger partial charge in [-0.25, -0.2) is 9.59 Å². The van der Waals surface area contributed by atoms with E-state index in [1.165, 1.54) is 42.5 Å². The molecule has 5 nitrogen and oxygen atoms in total. The van der Waals surface area contributed by atoms with Gasteiger partial charge in [-0.15, -0.1) is 0 Å². The van der Waals surface area contributed by atoms with E-state index in [2.05, 4.69) is 0 Å². The molecule has 0 aliphatic rings. The first-order valence-electron chi connectivity index (χ1n) is 5.51. The van der Waals surface area contributed by atoms with E-state index >= 15 is 0 Å². The molecule has 0 amide bonds. The zero-order chi connectivity index (χ0) is 14.7. The van der Waals surface area contributed by atoms with E-state index in [0.29, 0.717) is 5.75 Å². The fourth-order valence-electron chi connectivity index (χ4n) is 1.55. The molecule has 2 N–H and O–H groups in total. The predicted octanol–water partition coefficient (Wildman–Crippen LogP) is 3.53. The number of carbonyl (C=O) groups is 2. The van der Waals surface area contributed by atoms with E-state index in [1.807, 2.05) is 0 Å². The van der Waals surface area contributed by atoms with Crippen molar-refractivity contribution in [2.75, 3.05) is 0 Å². The number of hydrogen-bond donors (Lipinski definition) is 2. The summed E-state index contributed by atoms with van der Waals surface area (Å²) >= 11 is 5.74. The Morgan fingerprint density at radius 2 is 1.60 bits per heavy atom. The largest absolute Gasteiger partial charge is 0.478 e. The van der Waals surface area contributed by atoms with Crippen LogP contribution in [-0.4, -0.2) is 22.2 Å². The molecular formula is C14H9ClO5. The van der Waals surface area contributed by atoms with Gasteiger partial charge in [-0.3, -0.25) is 0 Å². The molecule has 2 aromatic rings. The van der Waals surface area contributed by atoms with Gasteiger partial charge in [0, 0.05) is 5.02 Å². The van der Waals surface area contributed by atoms with E-state index in [9.17, 15) is 9.59 Å². The van der Waals surface area contributed by atoms with Gasteiger partial charge in [0.25, 0.3) is 0 Å². The van der Waals surface area contributed by atoms with Crippen molar-refractivity contribution >= 4 is 23.5 Å². The van der Waals surface area contributed by atoms with E-state index < -0.39 is 11.9 Å². The van der Waals surface area contributed by atoms with Crippen LogP contribution in [-0.2, 0) is 0 Å². The minimum absolute atomic E-state index is 0.0696. The minimum atomic E-state index is -1.16. The second kappa shape index (κ2) is 5.63. The SMILES string of the molecule is O=C(O)c1ccc(Oc2ccc(Cl)cc2C(=O)O)cc1. The van der Waals surface area contributed by atoms with Crippen LogP contribution in [0.1, 0.15) is 20.7 Å². The molecule has 0 heterocycles. The summed E-state index contributed by atoms with van der Waals surface area (Å²) in [4.78, 5) is 21.8. The van der Waals surface area contributed by atoms with Gasteiger partial charge >= 0.3 is 11.9 Å². The third-order valence-electron chi connectivity index (χ3n) is 2.50. The van der Waals surface area contributed by atoms with Gasteiger partial charge in [0.15, 0.2) is 0 Å². The summed E-state index contributed by atoms with van der Waals surface area (Å²) in [5.74, 6) is -1.75. The van der Waals surface area contributed by atoms with Gasteiger partial charge in [-0.2, -0.15) is 0 Å². The summed E-state index contributed by atoms with van der Waals surface area (Å²) in [5.41, 5.74) is 0.0479. The summed E-state index contributed by atoms with van der Waals surface area (Å²) in [6, 6.07) is 9.87. The molecule has 0 aliphatic carbocycles. The topological polar surface area (TPSA) is 83.8 Å². The molecule has 0 aromatic heterocycles. The van der Waals surface area contributed by atoms with Crippen molar-refractivity contribution < 1.29 is 24.5 Å². The summed E-state index contributed by atoms with van der Waals surface area (Å²) in [5, 5.41) is 18.1. The molecule has 0 saturated heterocycles. The van der Waals surface area contributed by atoms with Crippen LogP contribution in [0.25, 0.3) is 0 Å². The average Bonchev–Trinajstić information content (AvgIpc) is 2.41. The van der Waals surface area contributed by atoms with Crippen LogP contribution in [0.15, 0.2) is 42.5 Å². The van der Waals surface area contributed by atoms with E-state index in [1.54, 1.807) is 0 Å². The Kier molecular flexibility index (Phi) is 3.91. The maximum absolute atomic E-state index is 11.1. The lowest BCUT2D eigenvalue weighted by Crippen LogP contribution is -2.00. The number of benzene rings is 2. The van der Waals surface area contributed by atoms with Gasteiger partial charge in [0.2, 0.25) is 0 Å². The normalized spacial score (nSPS) is 10.1. The maximum Gasteiger partial charge on any atom is 0.339 e. The first kappa shape index (κ1) is 13.9. The molecule has 0 unspecified atom stereocenters. The monoisotopic (exact) mass is 292 g/mol. The van der Waals surface area contributed by atoms with Crippen molar-refractivity contribution in [3.05, 3.63) is 58.6 Å². The highest BCUT2D eigenvalue weighted by Crippen LogP contribution is 2.28. The number of carboxylic acids is 2. The molecule has 0 bridgehead atoms. The molecule has 102 valence electrons. The highest BCUT2D eigenvalue weighted by Gasteiger charge is 2.13. The first-order valence-corrected chi connectivity index (χ1v) is 5.89. The fourth-order valence-corrected chi connectivity index (χ4v) is 1.72. The van der Waals surface area contributed by atoms with Gasteiger partial charge < -0.3 is 14.9 Å². The van der Waals surface area contributed by atoms with Crippen molar-refractivity contribution in [1.29, 1.82) is 0 Å². The number of rotatable bonds is 4. The van der Waals surface area contributed by atoms with Crippen molar-refractivity contribution in [2.45, 2.75) is 0 Å². The van der Waals surface area contributed by atoms with Gasteiger partial charge in [-0.05, 0) is 42.5 Å². The van der Waals surface area contributed by atoms with Gasteiger partial charge in [0.1, 0.15) is 17.1 Å². The van der Waals surface area contributed by atoms with Gasteiger partial charge in [0.05, 0.1) is 5.56 Å². The maximum atomic E-state index is 11.1. The fraction of sp³-hybridized carbons (Fsp3) is 0. The molecule has 2 rings (SSSR count). The Labute approximate surface area is 119 Å². The molecule has 0 spiro atoms. The lowest BCUT2D eigenvalue weighted by molar-refractivity contribution is 0.0685. The number of ether oxygens (including phenoxy) is 1. The van der Waals surface area contributed by atoms with Crippen molar-refractivity contribution in [2.24, 2.45) is 0 Å². The average molecular weight is 293 g/mol. The second-order valence-electron chi connectivity index (χ2n) is 3.88. The molecule has 0 radical (unpaired) electrons. The second-order valence-corrected chi connectivity index (χ2v) is 4.31. The Morgan fingerprint density at radius 3 is 2.15 bits per heavy atom. The van der Waals surface area contributed by atoms with Crippen LogP contribution in [0.3, 0.4) is 0 Å². The van der Waals surface area contributed by atoms with E-state index in [0.717, 1.165) is 0 Å². The number of hydrogen-bond acceptors (Lipinski definition) is 3. The van der Waals surface area contributed by atoms with Crippen molar-refractivity contribution in [3.63, 3.8) is 0 Å². The number of aromatic carboxylic acids is 2. The van der Waals surface area contributed by atoms with Crippen LogP contribution in [0.2, 0.25) is 5.02 Å². The van der Waals surface area contributed by atoms with Crippen LogP contribution < -0.4 is 4.74 Å². The van der Waals surface area contributed by atoms with Crippen LogP contribution >= 0.6 is 11.6 Å². The molecule has 0 fully saturated rings. The first-order chi connectivity index (χ1) is 9.47. The Balaban J connectivity index is 2.30. The van der Waals surface area contributed by atoms with Crippen molar-refractivity contribution in [1.82, 2.24) is 0 Å². The van der Waals surface area contributed by atoms with Crippen molar-refractivity contribution in [3.8, 4) is 11.5 Å². The molecule has 20 heavy (non-hydrogen) atoms. The van der Waals surface area contributed by atoms with Gasteiger partial charge in [-0.1, -0.05) is 11.6 Å². The summed E-state index contributed by atoms with van der Waals surface area (Å²) in [7, 11) is 0. The van der Waals surface area contributed by atoms with E-state index in [4.69, 9.17) is 26.6 Å². The summed E-state index contributed by atoms with van der Waals surface area (Å²) < 4.78 is 5.43. The Bertz CT molecular complexity index is 664. The molecular weight excluding hydrogens is 284 g/mol. The molecule has 0 saturated carbocycles. The molecule has 2 aromatic carbocycles. The molecule has 0 atom stereocenters. The summed E-state index contributed by atoms with van der Waals surface area (Å²) in [6.45, 7) is 0. The van der Waals surface area contributed by atoms with Crippen LogP contribution in [0.4, 0.5) is 0 Å². The van der Waals surface area contributed by atoms with E-state index in [-0.39, 0.29) is 21.9 Å². The quantitative estimate of drug-likeness (QED) is 0.900. The van der Waals surface area contributed by atoms with Crippen LogP contribution in [0, 0.1) is 0 Å². The molecule has 0 aliphatic heterocycles. The standard InChI is InChI=1S/C14H9ClO5/c15-9-3-6-12(11(7-9)14(18)19)20-10-4-1-8(2-5-10)13(16)17/h1-7H,(H,16,17)(H,18,19). The zero-order valence-corrected chi connectivity index (χ0v) is 10.8. The lowest BCUT2D eigenvalue weighted by Gasteiger charge is -2.09. The smallest absolute Gasteiger partial charge is 0.339 e. The number of carboxylic acid groups (broad SMARTS) is 2. The highest BCUT2D eigenvalue weighted by atomic mass is 35.5. The highest BCUT2D eigenvalue weighted by molar-refractivity contribution is 6.31. The summed E-state index contributed by atoms with van der Waals surface area (Å²) in [6.07, 6.45) is 0. The Morgan fingerprint density at radius 1 is 0.950 bits per heavy atom. The zero-order valence-electron chi connectivity index (χ0n) is 10.0. The minimum Gasteiger partial charge on any atom is -0.478 e. The lowest BCUT2D eigenvalue weighted by atomic mass is 10.2.